The van der Waals surface area contributed by atoms with E-state index in [0.717, 1.165) is 25.3 Å². The van der Waals surface area contributed by atoms with Crippen LogP contribution in [0, 0.1) is 0 Å². The lowest BCUT2D eigenvalue weighted by molar-refractivity contribution is -0.143. The van der Waals surface area contributed by atoms with Crippen molar-refractivity contribution in [3.8, 4) is 0 Å². The highest BCUT2D eigenvalue weighted by Gasteiger charge is 2.00. The number of rotatable bonds is 7. The van der Waals surface area contributed by atoms with Crippen molar-refractivity contribution in [2.24, 2.45) is 0 Å². The first-order valence-corrected chi connectivity index (χ1v) is 5.29. The quantitative estimate of drug-likeness (QED) is 0.500. The number of thiol groups is 1. The average molecular weight is 205 g/mol. The van der Waals surface area contributed by atoms with Gasteiger partial charge >= 0.3 is 5.97 Å². The van der Waals surface area contributed by atoms with Crippen LogP contribution in [-0.4, -0.2) is 43.4 Å². The van der Waals surface area contributed by atoms with E-state index in [9.17, 15) is 4.79 Å². The van der Waals surface area contributed by atoms with Crippen LogP contribution in [0.3, 0.4) is 0 Å². The van der Waals surface area contributed by atoms with Gasteiger partial charge in [-0.2, -0.15) is 12.6 Å². The van der Waals surface area contributed by atoms with Crippen LogP contribution in [0.2, 0.25) is 0 Å². The third-order valence-corrected chi connectivity index (χ3v) is 2.04. The molecule has 0 saturated heterocycles. The number of esters is 1. The normalized spacial score (nSPS) is 10.5. The van der Waals surface area contributed by atoms with Crippen LogP contribution in [0.5, 0.6) is 0 Å². The Morgan fingerprint density at radius 3 is 2.69 bits per heavy atom. The molecule has 3 nitrogen and oxygen atoms in total. The molecule has 0 spiro atoms. The highest BCUT2D eigenvalue weighted by atomic mass is 32.1. The van der Waals surface area contributed by atoms with E-state index in [-0.39, 0.29) is 5.97 Å². The van der Waals surface area contributed by atoms with Crippen LogP contribution in [0.1, 0.15) is 19.8 Å². The molecule has 0 aliphatic carbocycles. The summed E-state index contributed by atoms with van der Waals surface area (Å²) in [5, 5.41) is 0. The first kappa shape index (κ1) is 12.8. The van der Waals surface area contributed by atoms with Gasteiger partial charge in [-0.3, -0.25) is 4.79 Å². The van der Waals surface area contributed by atoms with Gasteiger partial charge in [0.05, 0.1) is 0 Å². The van der Waals surface area contributed by atoms with Crippen LogP contribution < -0.4 is 0 Å². The number of ether oxygens (including phenoxy) is 1. The molecular formula is C9H19NO2S. The Kier molecular flexibility index (Phi) is 8.24. The number of hydrogen-bond acceptors (Lipinski definition) is 4. The molecule has 4 heteroatoms. The number of carbonyl (C=O) groups is 1. The van der Waals surface area contributed by atoms with Crippen molar-refractivity contribution in [1.29, 1.82) is 0 Å². The van der Waals surface area contributed by atoms with Crippen molar-refractivity contribution in [3.63, 3.8) is 0 Å². The number of hydrogen-bond donors (Lipinski definition) is 1. The molecule has 0 radical (unpaired) electrons. The highest BCUT2D eigenvalue weighted by Crippen LogP contribution is 1.91. The molecule has 0 fully saturated rings. The molecule has 0 amide bonds. The zero-order valence-electron chi connectivity index (χ0n) is 8.45. The maximum atomic E-state index is 10.8. The number of likely N-dealkylation sites (N-methyl/N-ethyl adjacent to an activating group) is 1. The second-order valence-corrected chi connectivity index (χ2v) is 3.40. The topological polar surface area (TPSA) is 29.5 Å². The summed E-state index contributed by atoms with van der Waals surface area (Å²) in [4.78, 5) is 12.9. The van der Waals surface area contributed by atoms with Gasteiger partial charge in [0.1, 0.15) is 6.61 Å². The minimum absolute atomic E-state index is 0.123. The summed E-state index contributed by atoms with van der Waals surface area (Å²) in [6.07, 6.45) is 1.53. The standard InChI is InChI=1S/C9H19NO2S/c1-3-9(11)12-7-6-10(2)5-4-8-13/h13H,3-8H2,1-2H3. The fourth-order valence-corrected chi connectivity index (χ4v) is 1.01. The summed E-state index contributed by atoms with van der Waals surface area (Å²) in [7, 11) is 2.02. The zero-order chi connectivity index (χ0) is 10.1. The summed E-state index contributed by atoms with van der Waals surface area (Å²) in [6, 6.07) is 0. The van der Waals surface area contributed by atoms with E-state index in [1.54, 1.807) is 6.92 Å². The Morgan fingerprint density at radius 2 is 2.15 bits per heavy atom. The van der Waals surface area contributed by atoms with Crippen molar-refractivity contribution in [2.45, 2.75) is 19.8 Å². The molecule has 0 aromatic rings. The Bertz CT molecular complexity index is 142. The monoisotopic (exact) mass is 205 g/mol. The largest absolute Gasteiger partial charge is 0.464 e. The molecule has 0 N–H and O–H groups in total. The number of nitrogens with zero attached hydrogens (tertiary/aromatic N) is 1. The SMILES string of the molecule is CCC(=O)OCCN(C)CCCS. The van der Waals surface area contributed by atoms with Gasteiger partial charge in [0, 0.05) is 13.0 Å². The molecule has 0 aromatic heterocycles. The maximum absolute atomic E-state index is 10.8. The van der Waals surface area contributed by atoms with Gasteiger partial charge in [-0.1, -0.05) is 6.92 Å². The minimum atomic E-state index is -0.123. The molecule has 0 rings (SSSR count). The van der Waals surface area contributed by atoms with Crippen molar-refractivity contribution < 1.29 is 9.53 Å². The molecule has 0 aliphatic heterocycles. The van der Waals surface area contributed by atoms with E-state index < -0.39 is 0 Å². The van der Waals surface area contributed by atoms with Crippen molar-refractivity contribution >= 4 is 18.6 Å². The second kappa shape index (κ2) is 8.38. The lowest BCUT2D eigenvalue weighted by Crippen LogP contribution is -2.25. The molecule has 0 aliphatic rings. The predicted molar refractivity (Wildman–Crippen MR) is 57.2 cm³/mol. The number of carbonyl (C=O) groups excluding carboxylic acids is 1. The summed E-state index contributed by atoms with van der Waals surface area (Å²) in [5.74, 6) is 0.779. The van der Waals surface area contributed by atoms with E-state index in [4.69, 9.17) is 4.74 Å². The molecule has 13 heavy (non-hydrogen) atoms. The fraction of sp³-hybridized carbons (Fsp3) is 0.889. The molecule has 0 bridgehead atoms. The summed E-state index contributed by atoms with van der Waals surface area (Å²) < 4.78 is 4.94. The molecule has 0 saturated carbocycles. The Labute approximate surface area is 85.8 Å². The van der Waals surface area contributed by atoms with Gasteiger partial charge in [0.25, 0.3) is 0 Å². The van der Waals surface area contributed by atoms with E-state index in [1.807, 2.05) is 7.05 Å². The lowest BCUT2D eigenvalue weighted by atomic mass is 10.4. The Hall–Kier alpha value is -0.220. The summed E-state index contributed by atoms with van der Waals surface area (Å²) >= 11 is 4.12. The zero-order valence-corrected chi connectivity index (χ0v) is 9.35. The van der Waals surface area contributed by atoms with Crippen molar-refractivity contribution in [3.05, 3.63) is 0 Å². The molecular weight excluding hydrogens is 186 g/mol. The van der Waals surface area contributed by atoms with E-state index in [1.165, 1.54) is 0 Å². The van der Waals surface area contributed by atoms with Gasteiger partial charge in [-0.05, 0) is 25.8 Å². The van der Waals surface area contributed by atoms with Crippen LogP contribution in [0.4, 0.5) is 0 Å². The van der Waals surface area contributed by atoms with Gasteiger partial charge < -0.3 is 9.64 Å². The molecule has 78 valence electrons. The van der Waals surface area contributed by atoms with E-state index in [0.29, 0.717) is 13.0 Å². The van der Waals surface area contributed by atoms with E-state index >= 15 is 0 Å². The summed E-state index contributed by atoms with van der Waals surface area (Å²) in [5.41, 5.74) is 0. The first-order valence-electron chi connectivity index (χ1n) is 4.65. The smallest absolute Gasteiger partial charge is 0.305 e. The summed E-state index contributed by atoms with van der Waals surface area (Å²) in [6.45, 7) is 4.11. The minimum Gasteiger partial charge on any atom is -0.464 e. The molecule has 0 aromatic carbocycles. The first-order chi connectivity index (χ1) is 6.20. The van der Waals surface area contributed by atoms with Crippen molar-refractivity contribution in [1.82, 2.24) is 4.90 Å². The van der Waals surface area contributed by atoms with Gasteiger partial charge in [-0.25, -0.2) is 0 Å². The average Bonchev–Trinajstić information content (AvgIpc) is 2.14. The maximum Gasteiger partial charge on any atom is 0.305 e. The Morgan fingerprint density at radius 1 is 1.46 bits per heavy atom. The highest BCUT2D eigenvalue weighted by molar-refractivity contribution is 7.80. The predicted octanol–water partition coefficient (Wildman–Crippen LogP) is 1.19. The molecule has 0 heterocycles. The van der Waals surface area contributed by atoms with Crippen LogP contribution in [0.15, 0.2) is 0 Å². The third kappa shape index (κ3) is 8.12. The van der Waals surface area contributed by atoms with E-state index in [2.05, 4.69) is 17.5 Å². The van der Waals surface area contributed by atoms with Gasteiger partial charge in [0.15, 0.2) is 0 Å². The van der Waals surface area contributed by atoms with Gasteiger partial charge in [-0.15, -0.1) is 0 Å². The van der Waals surface area contributed by atoms with Gasteiger partial charge in [0.2, 0.25) is 0 Å². The van der Waals surface area contributed by atoms with Crippen LogP contribution in [0.25, 0.3) is 0 Å². The third-order valence-electron chi connectivity index (χ3n) is 1.72. The fourth-order valence-electron chi connectivity index (χ4n) is 0.870. The van der Waals surface area contributed by atoms with Crippen molar-refractivity contribution in [2.75, 3.05) is 32.5 Å². The van der Waals surface area contributed by atoms with Crippen LogP contribution in [-0.2, 0) is 9.53 Å². The second-order valence-electron chi connectivity index (χ2n) is 2.95. The lowest BCUT2D eigenvalue weighted by Gasteiger charge is -2.15. The molecule has 0 atom stereocenters. The van der Waals surface area contributed by atoms with Crippen LogP contribution >= 0.6 is 12.6 Å². The molecule has 0 unspecified atom stereocenters. The Balaban J connectivity index is 3.26.